The molecule has 140 valence electrons. The first-order chi connectivity index (χ1) is 12.9. The van der Waals surface area contributed by atoms with Gasteiger partial charge in [-0.05, 0) is 39.3 Å². The summed E-state index contributed by atoms with van der Waals surface area (Å²) in [6, 6.07) is 8.46. The van der Waals surface area contributed by atoms with Gasteiger partial charge >= 0.3 is 0 Å². The van der Waals surface area contributed by atoms with Crippen LogP contribution < -0.4 is 5.32 Å². The molecule has 1 aromatic carbocycles. The van der Waals surface area contributed by atoms with Crippen molar-refractivity contribution in [2.45, 2.75) is 40.8 Å². The van der Waals surface area contributed by atoms with E-state index in [2.05, 4.69) is 46.6 Å². The quantitative estimate of drug-likeness (QED) is 0.659. The summed E-state index contributed by atoms with van der Waals surface area (Å²) in [6.45, 7) is 9.26. The third-order valence-corrected chi connectivity index (χ3v) is 5.31. The van der Waals surface area contributed by atoms with Gasteiger partial charge in [0.2, 0.25) is 5.91 Å². The molecule has 0 spiro atoms. The summed E-state index contributed by atoms with van der Waals surface area (Å²) in [4.78, 5) is 17.3. The normalized spacial score (nSPS) is 11.3. The summed E-state index contributed by atoms with van der Waals surface area (Å²) < 4.78 is 1.98. The van der Waals surface area contributed by atoms with Gasteiger partial charge in [0, 0.05) is 28.4 Å². The zero-order valence-corrected chi connectivity index (χ0v) is 16.9. The SMILES string of the molecule is Cc1ccc(Cn2nc(C)c(C=CC(=O)NCc3cnc(C)s3)c2C)cc1. The van der Waals surface area contributed by atoms with Crippen molar-refractivity contribution >= 4 is 23.3 Å². The molecule has 0 unspecified atom stereocenters. The second-order valence-corrected chi connectivity index (χ2v) is 7.94. The number of nitrogens with zero attached hydrogens (tertiary/aromatic N) is 3. The van der Waals surface area contributed by atoms with E-state index in [1.165, 1.54) is 11.1 Å². The van der Waals surface area contributed by atoms with Crippen LogP contribution in [0.4, 0.5) is 0 Å². The Balaban J connectivity index is 1.65. The molecule has 0 atom stereocenters. The summed E-state index contributed by atoms with van der Waals surface area (Å²) in [7, 11) is 0. The van der Waals surface area contributed by atoms with Crippen molar-refractivity contribution in [1.82, 2.24) is 20.1 Å². The van der Waals surface area contributed by atoms with E-state index < -0.39 is 0 Å². The lowest BCUT2D eigenvalue weighted by Gasteiger charge is -2.05. The van der Waals surface area contributed by atoms with Crippen molar-refractivity contribution < 1.29 is 4.79 Å². The Labute approximate surface area is 163 Å². The maximum Gasteiger partial charge on any atom is 0.244 e. The minimum atomic E-state index is -0.119. The fourth-order valence-electron chi connectivity index (χ4n) is 2.85. The average molecular weight is 381 g/mol. The molecule has 27 heavy (non-hydrogen) atoms. The molecule has 1 amide bonds. The van der Waals surface area contributed by atoms with Crippen molar-refractivity contribution in [1.29, 1.82) is 0 Å². The minimum absolute atomic E-state index is 0.119. The molecule has 0 fully saturated rings. The van der Waals surface area contributed by atoms with Crippen LogP contribution in [-0.4, -0.2) is 20.7 Å². The molecule has 0 aliphatic carbocycles. The zero-order valence-electron chi connectivity index (χ0n) is 16.1. The number of amides is 1. The van der Waals surface area contributed by atoms with Crippen molar-refractivity contribution in [3.63, 3.8) is 0 Å². The molecule has 0 aliphatic rings. The van der Waals surface area contributed by atoms with Crippen LogP contribution in [0.25, 0.3) is 6.08 Å². The maximum absolute atomic E-state index is 12.1. The van der Waals surface area contributed by atoms with Crippen LogP contribution in [0.2, 0.25) is 0 Å². The highest BCUT2D eigenvalue weighted by atomic mass is 32.1. The molecular formula is C21H24N4OS. The van der Waals surface area contributed by atoms with Crippen molar-refractivity contribution in [2.75, 3.05) is 0 Å². The third-order valence-electron chi connectivity index (χ3n) is 4.40. The second-order valence-electron chi connectivity index (χ2n) is 6.62. The molecule has 5 nitrogen and oxygen atoms in total. The molecule has 3 rings (SSSR count). The topological polar surface area (TPSA) is 59.8 Å². The number of aromatic nitrogens is 3. The fraction of sp³-hybridized carbons (Fsp3) is 0.286. The van der Waals surface area contributed by atoms with Crippen LogP contribution in [0.1, 0.15) is 38.0 Å². The standard InChI is InChI=1S/C21H24N4OS/c1-14-5-7-18(8-6-14)13-25-16(3)20(15(2)24-25)9-10-21(26)23-12-19-11-22-17(4)27-19/h5-11H,12-13H2,1-4H3,(H,23,26). The van der Waals surface area contributed by atoms with Crippen LogP contribution in [0.15, 0.2) is 36.5 Å². The van der Waals surface area contributed by atoms with Gasteiger partial charge in [-0.3, -0.25) is 9.48 Å². The molecule has 3 aromatic rings. The summed E-state index contributed by atoms with van der Waals surface area (Å²) in [5.41, 5.74) is 5.41. The average Bonchev–Trinajstić information content (AvgIpc) is 3.17. The molecule has 0 radical (unpaired) electrons. The summed E-state index contributed by atoms with van der Waals surface area (Å²) in [5, 5.41) is 8.52. The largest absolute Gasteiger partial charge is 0.348 e. The van der Waals surface area contributed by atoms with E-state index in [4.69, 9.17) is 0 Å². The Morgan fingerprint density at radius 1 is 1.19 bits per heavy atom. The van der Waals surface area contributed by atoms with Gasteiger partial charge < -0.3 is 5.32 Å². The lowest BCUT2D eigenvalue weighted by molar-refractivity contribution is -0.116. The van der Waals surface area contributed by atoms with Crippen LogP contribution in [0.5, 0.6) is 0 Å². The van der Waals surface area contributed by atoms with Crippen LogP contribution in [0.3, 0.4) is 0 Å². The summed E-state index contributed by atoms with van der Waals surface area (Å²) >= 11 is 1.59. The molecule has 2 aromatic heterocycles. The fourth-order valence-corrected chi connectivity index (χ4v) is 3.59. The molecular weight excluding hydrogens is 356 g/mol. The smallest absolute Gasteiger partial charge is 0.244 e. The number of nitrogens with one attached hydrogen (secondary N) is 1. The number of hydrogen-bond acceptors (Lipinski definition) is 4. The Morgan fingerprint density at radius 2 is 1.93 bits per heavy atom. The second kappa shape index (κ2) is 8.31. The van der Waals surface area contributed by atoms with Gasteiger partial charge in [-0.2, -0.15) is 5.10 Å². The van der Waals surface area contributed by atoms with Crippen LogP contribution in [-0.2, 0) is 17.9 Å². The van der Waals surface area contributed by atoms with Crippen molar-refractivity contribution in [3.8, 4) is 0 Å². The number of aryl methyl sites for hydroxylation is 3. The molecule has 0 saturated heterocycles. The monoisotopic (exact) mass is 380 g/mol. The highest BCUT2D eigenvalue weighted by Crippen LogP contribution is 2.17. The number of thiazole rings is 1. The number of carbonyl (C=O) groups is 1. The molecule has 2 heterocycles. The highest BCUT2D eigenvalue weighted by Gasteiger charge is 2.10. The van der Waals surface area contributed by atoms with Gasteiger partial charge in [-0.1, -0.05) is 29.8 Å². The van der Waals surface area contributed by atoms with E-state index in [-0.39, 0.29) is 5.91 Å². The van der Waals surface area contributed by atoms with Gasteiger partial charge in [-0.15, -0.1) is 11.3 Å². The lowest BCUT2D eigenvalue weighted by atomic mass is 10.1. The van der Waals surface area contributed by atoms with Gasteiger partial charge in [0.25, 0.3) is 0 Å². The first kappa shape index (κ1) is 19.0. The van der Waals surface area contributed by atoms with Gasteiger partial charge in [-0.25, -0.2) is 4.98 Å². The predicted octanol–water partition coefficient (Wildman–Crippen LogP) is 3.95. The predicted molar refractivity (Wildman–Crippen MR) is 110 cm³/mol. The Hall–Kier alpha value is -2.73. The Bertz CT molecular complexity index is 967. The zero-order chi connectivity index (χ0) is 19.4. The van der Waals surface area contributed by atoms with E-state index in [9.17, 15) is 4.79 Å². The van der Waals surface area contributed by atoms with Gasteiger partial charge in [0.15, 0.2) is 0 Å². The van der Waals surface area contributed by atoms with Gasteiger partial charge in [0.1, 0.15) is 0 Å². The highest BCUT2D eigenvalue weighted by molar-refractivity contribution is 7.11. The van der Waals surface area contributed by atoms with E-state index >= 15 is 0 Å². The van der Waals surface area contributed by atoms with E-state index in [1.54, 1.807) is 23.6 Å². The van der Waals surface area contributed by atoms with Gasteiger partial charge in [0.05, 0.1) is 23.8 Å². The first-order valence-corrected chi connectivity index (χ1v) is 9.71. The molecule has 0 bridgehead atoms. The number of rotatable bonds is 6. The Morgan fingerprint density at radius 3 is 2.59 bits per heavy atom. The molecule has 0 saturated carbocycles. The van der Waals surface area contributed by atoms with E-state index in [0.717, 1.165) is 33.4 Å². The number of hydrogen-bond donors (Lipinski definition) is 1. The van der Waals surface area contributed by atoms with Crippen LogP contribution in [0, 0.1) is 27.7 Å². The summed E-state index contributed by atoms with van der Waals surface area (Å²) in [5.74, 6) is -0.119. The van der Waals surface area contributed by atoms with E-state index in [0.29, 0.717) is 6.54 Å². The first-order valence-electron chi connectivity index (χ1n) is 8.89. The molecule has 1 N–H and O–H groups in total. The van der Waals surface area contributed by atoms with Crippen molar-refractivity contribution in [3.05, 3.63) is 74.5 Å². The minimum Gasteiger partial charge on any atom is -0.348 e. The third kappa shape index (κ3) is 4.92. The van der Waals surface area contributed by atoms with E-state index in [1.807, 2.05) is 31.5 Å². The summed E-state index contributed by atoms with van der Waals surface area (Å²) in [6.07, 6.45) is 5.21. The van der Waals surface area contributed by atoms with Crippen LogP contribution >= 0.6 is 11.3 Å². The van der Waals surface area contributed by atoms with Crippen molar-refractivity contribution in [2.24, 2.45) is 0 Å². The molecule has 6 heteroatoms. The number of benzene rings is 1. The Kier molecular flexibility index (Phi) is 5.86. The number of carbonyl (C=O) groups excluding carboxylic acids is 1. The maximum atomic E-state index is 12.1. The molecule has 0 aliphatic heterocycles. The lowest BCUT2D eigenvalue weighted by Crippen LogP contribution is -2.19.